The van der Waals surface area contributed by atoms with E-state index in [1.165, 1.54) is 12.8 Å². The van der Waals surface area contributed by atoms with Crippen molar-refractivity contribution in [2.24, 2.45) is 18.0 Å². The normalized spacial score (nSPS) is 21.5. The third kappa shape index (κ3) is 2.45. The van der Waals surface area contributed by atoms with Gasteiger partial charge in [-0.1, -0.05) is 0 Å². The molecule has 0 spiro atoms. The van der Waals surface area contributed by atoms with Gasteiger partial charge < -0.3 is 14.6 Å². The number of ether oxygens (including phenoxy) is 1. The zero-order valence-electron chi connectivity index (χ0n) is 15.2. The predicted octanol–water partition coefficient (Wildman–Crippen LogP) is 1.85. The molecule has 1 fully saturated rings. The molecule has 2 aliphatic heterocycles. The van der Waals surface area contributed by atoms with Crippen molar-refractivity contribution < 1.29 is 9.53 Å². The second-order valence-electron chi connectivity index (χ2n) is 7.39. The van der Waals surface area contributed by atoms with E-state index >= 15 is 0 Å². The number of fused-ring (bicyclic) bond motifs is 2. The maximum absolute atomic E-state index is 12.4. The van der Waals surface area contributed by atoms with Gasteiger partial charge in [0.05, 0.1) is 12.1 Å². The van der Waals surface area contributed by atoms with Crippen molar-refractivity contribution in [1.29, 1.82) is 0 Å². The average Bonchev–Trinajstić information content (AvgIpc) is 3.27. The number of likely N-dealkylation sites (N-methyl/N-ethyl adjacent to an activating group) is 1. The van der Waals surface area contributed by atoms with E-state index in [9.17, 15) is 9.59 Å². The maximum Gasteiger partial charge on any atom is 0.326 e. The Bertz CT molecular complexity index is 1110. The van der Waals surface area contributed by atoms with Crippen LogP contribution in [0.4, 0.5) is 0 Å². The fourth-order valence-corrected chi connectivity index (χ4v) is 3.68. The second kappa shape index (κ2) is 5.70. The number of nitrogens with one attached hydrogen (secondary N) is 1. The van der Waals surface area contributed by atoms with Crippen LogP contribution in [0.3, 0.4) is 0 Å². The molecule has 1 aromatic carbocycles. The molecule has 1 aliphatic carbocycles. The van der Waals surface area contributed by atoms with E-state index in [0.29, 0.717) is 23.8 Å². The van der Waals surface area contributed by atoms with E-state index in [1.54, 1.807) is 29.8 Å². The number of amides is 1. The van der Waals surface area contributed by atoms with Crippen LogP contribution in [-0.2, 0) is 11.8 Å². The molecule has 1 amide bonds. The first-order valence-electron chi connectivity index (χ1n) is 9.11. The number of aryl methyl sites for hydroxylation is 1. The molecule has 7 nitrogen and oxygen atoms in total. The summed E-state index contributed by atoms with van der Waals surface area (Å²) in [5.74, 6) is 1.20. The molecule has 2 aromatic rings. The van der Waals surface area contributed by atoms with Crippen molar-refractivity contribution in [2.45, 2.75) is 18.9 Å². The van der Waals surface area contributed by atoms with Crippen molar-refractivity contribution in [1.82, 2.24) is 14.5 Å². The molecular weight excluding hydrogens is 344 g/mol. The highest BCUT2D eigenvalue weighted by Crippen LogP contribution is 2.41. The first-order valence-corrected chi connectivity index (χ1v) is 9.11. The van der Waals surface area contributed by atoms with E-state index in [0.717, 1.165) is 22.2 Å². The molecule has 1 N–H and O–H groups in total. The summed E-state index contributed by atoms with van der Waals surface area (Å²) in [7, 11) is 3.47. The SMILES string of the molecule is CN1C=C(c2ccc3c([nH]c(=O)n3C)c2OCC2CC2)C2=CC=NC2C1=O. The summed E-state index contributed by atoms with van der Waals surface area (Å²) in [6, 6.07) is 3.37. The molecule has 5 rings (SSSR count). The molecule has 1 saturated carbocycles. The Kier molecular flexibility index (Phi) is 3.40. The van der Waals surface area contributed by atoms with Crippen LogP contribution >= 0.6 is 0 Å². The summed E-state index contributed by atoms with van der Waals surface area (Å²) in [6.45, 7) is 0.629. The number of imidazole rings is 1. The Morgan fingerprint density at radius 1 is 1.26 bits per heavy atom. The third-order valence-electron chi connectivity index (χ3n) is 5.48. The Labute approximate surface area is 155 Å². The van der Waals surface area contributed by atoms with Gasteiger partial charge in [0, 0.05) is 37.6 Å². The van der Waals surface area contributed by atoms with Gasteiger partial charge in [0.1, 0.15) is 5.52 Å². The van der Waals surface area contributed by atoms with Gasteiger partial charge in [-0.05, 0) is 42.5 Å². The van der Waals surface area contributed by atoms with Gasteiger partial charge in [0.2, 0.25) is 0 Å². The van der Waals surface area contributed by atoms with Crippen LogP contribution < -0.4 is 10.4 Å². The van der Waals surface area contributed by atoms with Crippen LogP contribution in [0, 0.1) is 5.92 Å². The third-order valence-corrected chi connectivity index (χ3v) is 5.48. The fraction of sp³-hybridized carbons (Fsp3) is 0.350. The summed E-state index contributed by atoms with van der Waals surface area (Å²) < 4.78 is 7.79. The molecule has 3 heterocycles. The number of H-pyrrole nitrogens is 1. The molecule has 3 aliphatic rings. The molecule has 1 unspecified atom stereocenters. The van der Waals surface area contributed by atoms with Gasteiger partial charge in [-0.25, -0.2) is 4.79 Å². The number of nitrogens with zero attached hydrogens (tertiary/aromatic N) is 3. The molecule has 1 aromatic heterocycles. The van der Waals surface area contributed by atoms with Crippen molar-refractivity contribution in [3.8, 4) is 5.75 Å². The van der Waals surface area contributed by atoms with Gasteiger partial charge in [0.15, 0.2) is 11.8 Å². The highest BCUT2D eigenvalue weighted by atomic mass is 16.5. The highest BCUT2D eigenvalue weighted by Gasteiger charge is 2.35. The topological polar surface area (TPSA) is 79.7 Å². The number of hydrogen-bond donors (Lipinski definition) is 1. The predicted molar refractivity (Wildman–Crippen MR) is 103 cm³/mol. The zero-order valence-corrected chi connectivity index (χ0v) is 15.2. The number of allylic oxidation sites excluding steroid dienone is 1. The number of aliphatic imine (C=N–C) groups is 1. The van der Waals surface area contributed by atoms with E-state index in [4.69, 9.17) is 4.74 Å². The zero-order chi connectivity index (χ0) is 18.7. The summed E-state index contributed by atoms with van der Waals surface area (Å²) in [5.41, 5.74) is 3.94. The lowest BCUT2D eigenvalue weighted by Gasteiger charge is -2.28. The van der Waals surface area contributed by atoms with Crippen molar-refractivity contribution in [3.63, 3.8) is 0 Å². The minimum absolute atomic E-state index is 0.0478. The van der Waals surface area contributed by atoms with Crippen LogP contribution in [0.1, 0.15) is 18.4 Å². The standard InChI is InChI=1S/C20H20N4O3/c1-23-9-14(12-7-8-21-16(12)19(23)25)13-5-6-15-17(22-20(26)24(15)2)18(13)27-10-11-3-4-11/h5-9,11,16H,3-4,10H2,1-2H3,(H,22,26). The maximum atomic E-state index is 12.4. The monoisotopic (exact) mass is 364 g/mol. The van der Waals surface area contributed by atoms with Crippen molar-refractivity contribution in [2.75, 3.05) is 13.7 Å². The molecule has 7 heteroatoms. The first kappa shape index (κ1) is 16.1. The van der Waals surface area contributed by atoms with Crippen LogP contribution in [0.15, 0.2) is 39.8 Å². The second-order valence-corrected chi connectivity index (χ2v) is 7.39. The van der Waals surface area contributed by atoms with Crippen molar-refractivity contribution in [3.05, 3.63) is 46.0 Å². The van der Waals surface area contributed by atoms with E-state index in [2.05, 4.69) is 9.98 Å². The Hall–Kier alpha value is -3.09. The lowest BCUT2D eigenvalue weighted by molar-refractivity contribution is -0.128. The average molecular weight is 364 g/mol. The molecule has 138 valence electrons. The fourth-order valence-electron chi connectivity index (χ4n) is 3.68. The Balaban J connectivity index is 1.70. The van der Waals surface area contributed by atoms with Crippen LogP contribution in [-0.4, -0.2) is 46.3 Å². The number of aromatic nitrogens is 2. The number of rotatable bonds is 4. The van der Waals surface area contributed by atoms with E-state index in [-0.39, 0.29) is 11.6 Å². The largest absolute Gasteiger partial charge is 0.490 e. The van der Waals surface area contributed by atoms with Gasteiger partial charge in [-0.15, -0.1) is 0 Å². The highest BCUT2D eigenvalue weighted by molar-refractivity contribution is 6.05. The van der Waals surface area contributed by atoms with Crippen LogP contribution in [0.5, 0.6) is 5.75 Å². The first-order chi connectivity index (χ1) is 13.0. The van der Waals surface area contributed by atoms with Gasteiger partial charge in [0.25, 0.3) is 5.91 Å². The number of aromatic amines is 1. The van der Waals surface area contributed by atoms with Gasteiger partial charge >= 0.3 is 5.69 Å². The number of carbonyl (C=O) groups excluding carboxylic acids is 1. The minimum atomic E-state index is -0.503. The van der Waals surface area contributed by atoms with Gasteiger partial charge in [-0.3, -0.25) is 14.4 Å². The lowest BCUT2D eigenvalue weighted by Crippen LogP contribution is -2.36. The smallest absolute Gasteiger partial charge is 0.326 e. The molecule has 0 saturated heterocycles. The quantitative estimate of drug-likeness (QED) is 0.899. The molecular formula is C20H20N4O3. The molecule has 27 heavy (non-hydrogen) atoms. The summed E-state index contributed by atoms with van der Waals surface area (Å²) in [4.78, 5) is 33.4. The molecule has 0 radical (unpaired) electrons. The lowest BCUT2D eigenvalue weighted by atomic mass is 9.90. The van der Waals surface area contributed by atoms with Crippen LogP contribution in [0.25, 0.3) is 16.6 Å². The Morgan fingerprint density at radius 3 is 2.85 bits per heavy atom. The summed E-state index contributed by atoms with van der Waals surface area (Å²) in [5, 5.41) is 0. The Morgan fingerprint density at radius 2 is 2.07 bits per heavy atom. The summed E-state index contributed by atoms with van der Waals surface area (Å²) in [6.07, 6.45) is 7.74. The number of carbonyl (C=O) groups is 1. The number of benzene rings is 1. The summed E-state index contributed by atoms with van der Waals surface area (Å²) >= 11 is 0. The molecule has 1 atom stereocenters. The van der Waals surface area contributed by atoms with E-state index < -0.39 is 6.04 Å². The van der Waals surface area contributed by atoms with Crippen molar-refractivity contribution >= 4 is 28.7 Å². The van der Waals surface area contributed by atoms with Crippen LogP contribution in [0.2, 0.25) is 0 Å². The van der Waals surface area contributed by atoms with Gasteiger partial charge in [-0.2, -0.15) is 0 Å². The minimum Gasteiger partial charge on any atom is -0.490 e. The molecule has 0 bridgehead atoms. The van der Waals surface area contributed by atoms with E-state index in [1.807, 2.05) is 24.4 Å². The number of hydrogen-bond acceptors (Lipinski definition) is 4.